The highest BCUT2D eigenvalue weighted by Gasteiger charge is 2.23. The molecule has 0 unspecified atom stereocenters. The fourth-order valence-electron chi connectivity index (χ4n) is 2.27. The number of carboxylic acids is 1. The lowest BCUT2D eigenvalue weighted by atomic mass is 10.1. The van der Waals surface area contributed by atoms with Gasteiger partial charge in [0.05, 0.1) is 5.56 Å². The van der Waals surface area contributed by atoms with Gasteiger partial charge < -0.3 is 9.84 Å². The van der Waals surface area contributed by atoms with Crippen LogP contribution < -0.4 is 4.74 Å². The molecule has 0 amide bonds. The maximum atomic E-state index is 10.8. The van der Waals surface area contributed by atoms with Gasteiger partial charge in [-0.2, -0.15) is 11.8 Å². The number of carbonyl (C=O) groups is 1. The molecule has 1 aliphatic rings. The first-order valence-corrected chi connectivity index (χ1v) is 8.27. The average Bonchev–Trinajstić information content (AvgIpc) is 2.61. The monoisotopic (exact) mass is 309 g/mol. The first-order valence-electron chi connectivity index (χ1n) is 7.29. The molecule has 116 valence electrons. The van der Waals surface area contributed by atoms with Crippen LogP contribution >= 0.6 is 11.8 Å². The van der Waals surface area contributed by atoms with Gasteiger partial charge in [-0.1, -0.05) is 13.8 Å². The Hall–Kier alpha value is -1.20. The minimum atomic E-state index is -0.911. The van der Waals surface area contributed by atoms with Gasteiger partial charge in [0.2, 0.25) is 0 Å². The summed E-state index contributed by atoms with van der Waals surface area (Å²) in [6.07, 6.45) is 1.20. The van der Waals surface area contributed by atoms with Gasteiger partial charge >= 0.3 is 5.97 Å². The summed E-state index contributed by atoms with van der Waals surface area (Å²) < 4.78 is 6.07. The van der Waals surface area contributed by atoms with E-state index in [0.29, 0.717) is 11.4 Å². The lowest BCUT2D eigenvalue weighted by Crippen LogP contribution is -2.31. The van der Waals surface area contributed by atoms with Crippen LogP contribution in [0.3, 0.4) is 0 Å². The molecule has 0 saturated carbocycles. The summed E-state index contributed by atoms with van der Waals surface area (Å²) in [6.45, 7) is 8.38. The van der Waals surface area contributed by atoms with Gasteiger partial charge in [-0.05, 0) is 37.2 Å². The van der Waals surface area contributed by atoms with Crippen molar-refractivity contribution in [2.24, 2.45) is 0 Å². The number of benzene rings is 1. The van der Waals surface area contributed by atoms with Crippen LogP contribution in [0.2, 0.25) is 0 Å². The predicted molar refractivity (Wildman–Crippen MR) is 86.5 cm³/mol. The predicted octanol–water partition coefficient (Wildman–Crippen LogP) is 2.98. The lowest BCUT2D eigenvalue weighted by molar-refractivity contribution is 0.0697. The first kappa shape index (κ1) is 16.2. The Morgan fingerprint density at radius 2 is 2.05 bits per heavy atom. The molecule has 1 fully saturated rings. The van der Waals surface area contributed by atoms with Crippen molar-refractivity contribution in [2.75, 3.05) is 32.0 Å². The normalized spacial score (nSPS) is 19.0. The Labute approximate surface area is 130 Å². The molecular formula is C16H23NO3S. The van der Waals surface area contributed by atoms with E-state index in [0.717, 1.165) is 25.4 Å². The third-order valence-electron chi connectivity index (χ3n) is 3.71. The molecule has 21 heavy (non-hydrogen) atoms. The first-order chi connectivity index (χ1) is 9.96. The minimum Gasteiger partial charge on any atom is -0.492 e. The molecule has 5 heteroatoms. The fourth-order valence-corrected chi connectivity index (χ4v) is 3.41. The quantitative estimate of drug-likeness (QED) is 0.906. The molecule has 0 aliphatic carbocycles. The van der Waals surface area contributed by atoms with Crippen molar-refractivity contribution in [1.82, 2.24) is 4.90 Å². The fraction of sp³-hybridized carbons (Fsp3) is 0.562. The van der Waals surface area contributed by atoms with Crippen molar-refractivity contribution in [1.29, 1.82) is 0 Å². The van der Waals surface area contributed by atoms with E-state index in [2.05, 4.69) is 18.7 Å². The minimum absolute atomic E-state index is 0.286. The molecule has 0 bridgehead atoms. The Bertz CT molecular complexity index is 473. The summed E-state index contributed by atoms with van der Waals surface area (Å²) in [5.41, 5.74) is 0.286. The molecule has 0 atom stereocenters. The van der Waals surface area contributed by atoms with Crippen molar-refractivity contribution in [2.45, 2.75) is 25.0 Å². The van der Waals surface area contributed by atoms with Crippen molar-refractivity contribution in [3.63, 3.8) is 0 Å². The summed E-state index contributed by atoms with van der Waals surface area (Å²) in [4.78, 5) is 13.2. The molecular weight excluding hydrogens is 286 g/mol. The highest BCUT2D eigenvalue weighted by Crippen LogP contribution is 2.30. The second kappa shape index (κ2) is 7.18. The molecule has 1 saturated heterocycles. The molecule has 1 N–H and O–H groups in total. The second-order valence-electron chi connectivity index (χ2n) is 5.88. The Kier molecular flexibility index (Phi) is 5.53. The summed E-state index contributed by atoms with van der Waals surface area (Å²) in [5, 5.41) is 8.84. The van der Waals surface area contributed by atoms with Crippen LogP contribution in [0.25, 0.3) is 0 Å². The van der Waals surface area contributed by atoms with Crippen molar-refractivity contribution < 1.29 is 14.6 Å². The topological polar surface area (TPSA) is 49.8 Å². The molecule has 0 aromatic heterocycles. The van der Waals surface area contributed by atoms with Crippen LogP contribution in [-0.4, -0.2) is 52.7 Å². The van der Waals surface area contributed by atoms with E-state index in [4.69, 9.17) is 9.84 Å². The summed E-state index contributed by atoms with van der Waals surface area (Å²) in [5.74, 6) is 0.982. The second-order valence-corrected chi connectivity index (χ2v) is 7.68. The summed E-state index contributed by atoms with van der Waals surface area (Å²) >= 11 is 2.04. The maximum Gasteiger partial charge on any atom is 0.335 e. The van der Waals surface area contributed by atoms with E-state index in [1.54, 1.807) is 24.3 Å². The maximum absolute atomic E-state index is 10.8. The number of nitrogens with zero attached hydrogens (tertiary/aromatic N) is 1. The Morgan fingerprint density at radius 3 is 2.71 bits per heavy atom. The zero-order valence-electron chi connectivity index (χ0n) is 12.7. The third-order valence-corrected chi connectivity index (χ3v) is 5.08. The van der Waals surface area contributed by atoms with Crippen LogP contribution in [-0.2, 0) is 0 Å². The summed E-state index contributed by atoms with van der Waals surface area (Å²) in [7, 11) is 0. The zero-order chi connectivity index (χ0) is 15.3. The van der Waals surface area contributed by atoms with E-state index in [1.807, 2.05) is 11.8 Å². The van der Waals surface area contributed by atoms with Crippen molar-refractivity contribution in [3.8, 4) is 5.75 Å². The molecule has 4 nitrogen and oxygen atoms in total. The average molecular weight is 309 g/mol. The van der Waals surface area contributed by atoms with Crippen LogP contribution in [0.5, 0.6) is 5.75 Å². The van der Waals surface area contributed by atoms with Gasteiger partial charge in [0.25, 0.3) is 0 Å². The standard InChI is InChI=1S/C16H23NO3S/c1-16(2)7-8-17(10-12-21-16)9-11-20-14-5-3-13(4-6-14)15(18)19/h3-6H,7-12H2,1-2H3,(H,18,19). The number of ether oxygens (including phenoxy) is 1. The number of thioether (sulfide) groups is 1. The van der Waals surface area contributed by atoms with Crippen LogP contribution in [0.1, 0.15) is 30.6 Å². The Balaban J connectivity index is 1.75. The van der Waals surface area contributed by atoms with Gasteiger partial charge in [0.1, 0.15) is 12.4 Å². The van der Waals surface area contributed by atoms with E-state index >= 15 is 0 Å². The van der Waals surface area contributed by atoms with E-state index < -0.39 is 5.97 Å². The number of rotatable bonds is 5. The highest BCUT2D eigenvalue weighted by atomic mass is 32.2. The van der Waals surface area contributed by atoms with Crippen LogP contribution in [0.4, 0.5) is 0 Å². The van der Waals surface area contributed by atoms with Gasteiger partial charge in [-0.25, -0.2) is 4.79 Å². The number of hydrogen-bond acceptors (Lipinski definition) is 4. The molecule has 0 radical (unpaired) electrons. The molecule has 1 aromatic carbocycles. The number of hydrogen-bond donors (Lipinski definition) is 1. The SMILES string of the molecule is CC1(C)CCN(CCOc2ccc(C(=O)O)cc2)CCS1. The van der Waals surface area contributed by atoms with Gasteiger partial charge in [0, 0.05) is 23.6 Å². The molecule has 1 aromatic rings. The summed E-state index contributed by atoms with van der Waals surface area (Å²) in [6, 6.07) is 6.57. The lowest BCUT2D eigenvalue weighted by Gasteiger charge is -2.22. The molecule has 2 rings (SSSR count). The van der Waals surface area contributed by atoms with Gasteiger partial charge in [0.15, 0.2) is 0 Å². The third kappa shape index (κ3) is 5.25. The van der Waals surface area contributed by atoms with Gasteiger partial charge in [-0.3, -0.25) is 4.90 Å². The van der Waals surface area contributed by atoms with Gasteiger partial charge in [-0.15, -0.1) is 0 Å². The largest absolute Gasteiger partial charge is 0.492 e. The number of carboxylic acid groups (broad SMARTS) is 1. The molecule has 1 heterocycles. The van der Waals surface area contributed by atoms with Crippen molar-refractivity contribution >= 4 is 17.7 Å². The highest BCUT2D eigenvalue weighted by molar-refractivity contribution is 8.00. The zero-order valence-corrected chi connectivity index (χ0v) is 13.5. The van der Waals surface area contributed by atoms with Crippen molar-refractivity contribution in [3.05, 3.63) is 29.8 Å². The molecule has 1 aliphatic heterocycles. The number of aromatic carboxylic acids is 1. The van der Waals surface area contributed by atoms with E-state index in [1.165, 1.54) is 12.2 Å². The smallest absolute Gasteiger partial charge is 0.335 e. The van der Waals surface area contributed by atoms with E-state index in [-0.39, 0.29) is 5.56 Å². The van der Waals surface area contributed by atoms with Crippen LogP contribution in [0.15, 0.2) is 24.3 Å². The Morgan fingerprint density at radius 1 is 1.33 bits per heavy atom. The van der Waals surface area contributed by atoms with E-state index in [9.17, 15) is 4.79 Å². The van der Waals surface area contributed by atoms with Crippen LogP contribution in [0, 0.1) is 0 Å². The molecule has 0 spiro atoms.